The van der Waals surface area contributed by atoms with E-state index in [4.69, 9.17) is 4.74 Å². The van der Waals surface area contributed by atoms with Crippen LogP contribution in [0.2, 0.25) is 0 Å². The Morgan fingerprint density at radius 1 is 0.762 bits per heavy atom. The average molecular weight is 282 g/mol. The molecule has 0 aliphatic carbocycles. The first-order valence-corrected chi connectivity index (χ1v) is 6.77. The van der Waals surface area contributed by atoms with Crippen LogP contribution in [0.3, 0.4) is 0 Å². The quantitative estimate of drug-likeness (QED) is 0.350. The summed E-state index contributed by atoms with van der Waals surface area (Å²) in [5.74, 6) is -0.327. The van der Waals surface area contributed by atoms with Gasteiger partial charge in [0.25, 0.3) is 0 Å². The molecule has 0 aliphatic heterocycles. The second kappa shape index (κ2) is 15.4. The number of hydrogen-bond acceptors (Lipinski definition) is 2. The molecule has 0 aromatic heterocycles. The molecule has 0 saturated carbocycles. The van der Waals surface area contributed by atoms with Crippen molar-refractivity contribution in [2.75, 3.05) is 6.61 Å². The largest absolute Gasteiger partial charge is 0.463 e. The lowest BCUT2D eigenvalue weighted by molar-refractivity contribution is -0.137. The van der Waals surface area contributed by atoms with Gasteiger partial charge in [0.2, 0.25) is 0 Å². The van der Waals surface area contributed by atoms with Gasteiger partial charge < -0.3 is 4.74 Å². The minimum Gasteiger partial charge on any atom is -0.463 e. The normalized spacial score (nSPS) is 13.2. The molecule has 0 aromatic rings. The molecule has 0 heterocycles. The zero-order valence-electron chi connectivity index (χ0n) is 12.4. The van der Waals surface area contributed by atoms with Crippen molar-refractivity contribution in [3.05, 3.63) is 97.7 Å². The Hall–Kier alpha value is -2.61. The maximum Gasteiger partial charge on any atom is 0.330 e. The molecule has 0 saturated heterocycles. The Balaban J connectivity index is 3.90. The molecule has 0 aromatic carbocycles. The van der Waals surface area contributed by atoms with Gasteiger partial charge in [0.1, 0.15) is 0 Å². The summed E-state index contributed by atoms with van der Waals surface area (Å²) in [5.41, 5.74) is 0. The van der Waals surface area contributed by atoms with Crippen LogP contribution in [0.1, 0.15) is 6.92 Å². The molecule has 0 spiro atoms. The zero-order chi connectivity index (χ0) is 15.6. The van der Waals surface area contributed by atoms with Crippen LogP contribution in [0.15, 0.2) is 97.7 Å². The number of hydrogen-bond donors (Lipinski definition) is 0. The fourth-order valence-electron chi connectivity index (χ4n) is 1.11. The summed E-state index contributed by atoms with van der Waals surface area (Å²) < 4.78 is 4.74. The number of ether oxygens (including phenoxy) is 1. The first-order chi connectivity index (χ1) is 10.3. The van der Waals surface area contributed by atoms with Crippen LogP contribution in [-0.4, -0.2) is 12.6 Å². The smallest absolute Gasteiger partial charge is 0.330 e. The second-order valence-corrected chi connectivity index (χ2v) is 3.66. The number of rotatable bonds is 9. The summed E-state index contributed by atoms with van der Waals surface area (Å²) in [4.78, 5) is 11.0. The molecule has 0 radical (unpaired) electrons. The van der Waals surface area contributed by atoms with Gasteiger partial charge in [0.05, 0.1) is 6.61 Å². The molecule has 0 aliphatic rings. The van der Waals surface area contributed by atoms with E-state index in [1.54, 1.807) is 25.2 Å². The predicted octanol–water partition coefficient (Wildman–Crippen LogP) is 4.63. The van der Waals surface area contributed by atoms with E-state index in [2.05, 4.69) is 6.58 Å². The molecule has 0 atom stereocenters. The Bertz CT molecular complexity index is 484. The highest BCUT2D eigenvalue weighted by atomic mass is 16.5. The lowest BCUT2D eigenvalue weighted by Gasteiger charge is -1.92. The minimum absolute atomic E-state index is 0.327. The van der Waals surface area contributed by atoms with Crippen molar-refractivity contribution < 1.29 is 9.53 Å². The monoisotopic (exact) mass is 282 g/mol. The Labute approximate surface area is 127 Å². The highest BCUT2D eigenvalue weighted by Gasteiger charge is 1.89. The molecule has 0 amide bonds. The van der Waals surface area contributed by atoms with Gasteiger partial charge >= 0.3 is 5.97 Å². The van der Waals surface area contributed by atoms with Crippen molar-refractivity contribution in [3.63, 3.8) is 0 Å². The van der Waals surface area contributed by atoms with E-state index in [9.17, 15) is 4.79 Å². The Morgan fingerprint density at radius 3 is 1.52 bits per heavy atom. The summed E-state index contributed by atoms with van der Waals surface area (Å²) in [6, 6.07) is 0. The van der Waals surface area contributed by atoms with Crippen LogP contribution in [0.4, 0.5) is 0 Å². The van der Waals surface area contributed by atoms with E-state index in [-0.39, 0.29) is 5.97 Å². The molecule has 0 unspecified atom stereocenters. The summed E-state index contributed by atoms with van der Waals surface area (Å²) in [5, 5.41) is 0. The van der Waals surface area contributed by atoms with Gasteiger partial charge in [-0.05, 0) is 6.92 Å². The molecule has 21 heavy (non-hydrogen) atoms. The molecule has 2 heteroatoms. The van der Waals surface area contributed by atoms with Gasteiger partial charge in [0.15, 0.2) is 0 Å². The van der Waals surface area contributed by atoms with Gasteiger partial charge in [-0.25, -0.2) is 4.79 Å². The summed E-state index contributed by atoms with van der Waals surface area (Å²) in [7, 11) is 0. The van der Waals surface area contributed by atoms with Crippen LogP contribution in [0.25, 0.3) is 0 Å². The van der Waals surface area contributed by atoms with Crippen LogP contribution in [-0.2, 0) is 9.53 Å². The van der Waals surface area contributed by atoms with Crippen molar-refractivity contribution >= 4 is 5.97 Å². The highest BCUT2D eigenvalue weighted by molar-refractivity contribution is 5.82. The zero-order valence-corrected chi connectivity index (χ0v) is 12.4. The van der Waals surface area contributed by atoms with E-state index in [0.717, 1.165) is 0 Å². The van der Waals surface area contributed by atoms with Crippen molar-refractivity contribution in [1.29, 1.82) is 0 Å². The molecule has 0 rings (SSSR count). The van der Waals surface area contributed by atoms with Crippen molar-refractivity contribution in [2.45, 2.75) is 6.92 Å². The van der Waals surface area contributed by atoms with Crippen LogP contribution >= 0.6 is 0 Å². The summed E-state index contributed by atoms with van der Waals surface area (Å²) in [6.45, 7) is 5.75. The van der Waals surface area contributed by atoms with E-state index in [0.29, 0.717) is 6.61 Å². The summed E-state index contributed by atoms with van der Waals surface area (Å²) in [6.07, 6.45) is 27.5. The van der Waals surface area contributed by atoms with E-state index in [1.807, 2.05) is 66.8 Å². The standard InChI is InChI=1S/C19H22O2/c1-3-5-6-7-8-9-10-11-12-13-14-15-16-17-18-19(20)21-4-2/h3,5-18H,1,4H2,2H3. The number of carbonyl (C=O) groups excluding carboxylic acids is 1. The SMILES string of the molecule is C=CC=CC=CC=CC=CC=CC=CC=CC(=O)OCC. The first kappa shape index (κ1) is 18.4. The van der Waals surface area contributed by atoms with Crippen molar-refractivity contribution in [3.8, 4) is 0 Å². The number of allylic oxidation sites excluding steroid dienone is 14. The van der Waals surface area contributed by atoms with Crippen LogP contribution < -0.4 is 0 Å². The fourth-order valence-corrected chi connectivity index (χ4v) is 1.11. The molecule has 0 N–H and O–H groups in total. The third kappa shape index (κ3) is 15.3. The third-order valence-corrected chi connectivity index (χ3v) is 1.99. The van der Waals surface area contributed by atoms with Gasteiger partial charge in [-0.2, -0.15) is 0 Å². The minimum atomic E-state index is -0.327. The third-order valence-electron chi connectivity index (χ3n) is 1.99. The van der Waals surface area contributed by atoms with Gasteiger partial charge in [-0.3, -0.25) is 0 Å². The molecule has 2 nitrogen and oxygen atoms in total. The Kier molecular flexibility index (Phi) is 13.5. The highest BCUT2D eigenvalue weighted by Crippen LogP contribution is 1.86. The van der Waals surface area contributed by atoms with E-state index < -0.39 is 0 Å². The molecule has 0 bridgehead atoms. The number of carbonyl (C=O) groups is 1. The lowest BCUT2D eigenvalue weighted by Crippen LogP contribution is -1.98. The maximum absolute atomic E-state index is 11.0. The maximum atomic E-state index is 11.0. The lowest BCUT2D eigenvalue weighted by atomic mass is 10.3. The van der Waals surface area contributed by atoms with E-state index in [1.165, 1.54) is 6.08 Å². The number of esters is 1. The topological polar surface area (TPSA) is 26.3 Å². The molecule has 0 fully saturated rings. The van der Waals surface area contributed by atoms with Gasteiger partial charge in [0, 0.05) is 6.08 Å². The predicted molar refractivity (Wildman–Crippen MR) is 90.8 cm³/mol. The molecular weight excluding hydrogens is 260 g/mol. The molecule has 110 valence electrons. The van der Waals surface area contributed by atoms with Gasteiger partial charge in [-0.1, -0.05) is 91.6 Å². The fraction of sp³-hybridized carbons (Fsp3) is 0.105. The summed E-state index contributed by atoms with van der Waals surface area (Å²) >= 11 is 0. The van der Waals surface area contributed by atoms with Crippen molar-refractivity contribution in [1.82, 2.24) is 0 Å². The van der Waals surface area contributed by atoms with E-state index >= 15 is 0 Å². The Morgan fingerprint density at radius 2 is 1.14 bits per heavy atom. The molecular formula is C19H22O2. The average Bonchev–Trinajstić information content (AvgIpc) is 2.48. The first-order valence-electron chi connectivity index (χ1n) is 6.77. The van der Waals surface area contributed by atoms with Gasteiger partial charge in [-0.15, -0.1) is 0 Å². The second-order valence-electron chi connectivity index (χ2n) is 3.66. The van der Waals surface area contributed by atoms with Crippen molar-refractivity contribution in [2.24, 2.45) is 0 Å². The van der Waals surface area contributed by atoms with Crippen LogP contribution in [0.5, 0.6) is 0 Å². The van der Waals surface area contributed by atoms with Crippen LogP contribution in [0, 0.1) is 0 Å².